The summed E-state index contributed by atoms with van der Waals surface area (Å²) in [5, 5.41) is 8.92. The number of hydrogen-bond acceptors (Lipinski definition) is 4. The number of pyridine rings is 1. The van der Waals surface area contributed by atoms with E-state index >= 15 is 0 Å². The van der Waals surface area contributed by atoms with E-state index in [1.807, 2.05) is 23.7 Å². The summed E-state index contributed by atoms with van der Waals surface area (Å²) in [5.41, 5.74) is 1.59. The fraction of sp³-hybridized carbons (Fsp3) is 0.417. The second-order valence-electron chi connectivity index (χ2n) is 4.40. The molecule has 1 N–H and O–H groups in total. The Morgan fingerprint density at radius 1 is 1.56 bits per heavy atom. The van der Waals surface area contributed by atoms with Gasteiger partial charge in [0.15, 0.2) is 11.8 Å². The van der Waals surface area contributed by atoms with Crippen molar-refractivity contribution in [1.82, 2.24) is 14.5 Å². The maximum absolute atomic E-state index is 10.9. The lowest BCUT2D eigenvalue weighted by Gasteiger charge is -2.10. The third-order valence-electron chi connectivity index (χ3n) is 3.27. The van der Waals surface area contributed by atoms with Gasteiger partial charge in [0.2, 0.25) is 0 Å². The van der Waals surface area contributed by atoms with E-state index in [2.05, 4.69) is 9.97 Å². The number of carboxylic acids is 1. The highest BCUT2D eigenvalue weighted by atomic mass is 16.5. The van der Waals surface area contributed by atoms with Gasteiger partial charge < -0.3 is 14.4 Å². The maximum Gasteiger partial charge on any atom is 0.332 e. The summed E-state index contributed by atoms with van der Waals surface area (Å²) < 4.78 is 7.42. The van der Waals surface area contributed by atoms with Gasteiger partial charge in [-0.3, -0.25) is 0 Å². The van der Waals surface area contributed by atoms with Gasteiger partial charge in [0.1, 0.15) is 11.9 Å². The molecule has 1 fully saturated rings. The number of rotatable bonds is 2. The second kappa shape index (κ2) is 4.06. The predicted octanol–water partition coefficient (Wildman–Crippen LogP) is 1.27. The van der Waals surface area contributed by atoms with Gasteiger partial charge in [0.25, 0.3) is 0 Å². The van der Waals surface area contributed by atoms with Crippen LogP contribution in [0.5, 0.6) is 0 Å². The molecule has 94 valence electrons. The minimum Gasteiger partial charge on any atom is -0.479 e. The largest absolute Gasteiger partial charge is 0.479 e. The number of hydrogen-bond donors (Lipinski definition) is 1. The molecule has 1 aliphatic rings. The highest BCUT2D eigenvalue weighted by Crippen LogP contribution is 2.33. The van der Waals surface area contributed by atoms with Crippen LogP contribution in [0.2, 0.25) is 0 Å². The first-order chi connectivity index (χ1) is 8.66. The van der Waals surface area contributed by atoms with E-state index < -0.39 is 12.1 Å². The third-order valence-corrected chi connectivity index (χ3v) is 3.27. The molecule has 0 spiro atoms. The molecule has 18 heavy (non-hydrogen) atoms. The molecule has 2 aromatic heterocycles. The van der Waals surface area contributed by atoms with Crippen molar-refractivity contribution in [1.29, 1.82) is 0 Å². The fourth-order valence-corrected chi connectivity index (χ4v) is 2.34. The van der Waals surface area contributed by atoms with E-state index in [4.69, 9.17) is 9.84 Å². The molecule has 2 atom stereocenters. The molecule has 1 aliphatic heterocycles. The number of aliphatic carboxylic acids is 1. The third kappa shape index (κ3) is 1.65. The molecule has 0 aromatic carbocycles. The first-order valence-corrected chi connectivity index (χ1v) is 5.82. The number of nitrogens with zero attached hydrogens (tertiary/aromatic N) is 3. The number of ether oxygens (including phenoxy) is 1. The van der Waals surface area contributed by atoms with Crippen LogP contribution >= 0.6 is 0 Å². The Morgan fingerprint density at radius 3 is 3.06 bits per heavy atom. The van der Waals surface area contributed by atoms with Crippen LogP contribution in [0.15, 0.2) is 18.3 Å². The van der Waals surface area contributed by atoms with E-state index in [1.165, 1.54) is 0 Å². The van der Waals surface area contributed by atoms with Crippen LogP contribution in [0.1, 0.15) is 24.8 Å². The molecule has 3 rings (SSSR count). The zero-order chi connectivity index (χ0) is 12.7. The molecule has 6 heteroatoms. The van der Waals surface area contributed by atoms with Crippen molar-refractivity contribution in [3.8, 4) is 0 Å². The maximum atomic E-state index is 10.9. The van der Waals surface area contributed by atoms with Gasteiger partial charge in [-0.15, -0.1) is 0 Å². The van der Waals surface area contributed by atoms with Gasteiger partial charge in [0.05, 0.1) is 5.52 Å². The van der Waals surface area contributed by atoms with Crippen LogP contribution in [0.3, 0.4) is 0 Å². The van der Waals surface area contributed by atoms with E-state index in [0.29, 0.717) is 18.5 Å². The van der Waals surface area contributed by atoms with Crippen LogP contribution in [-0.2, 0) is 16.6 Å². The van der Waals surface area contributed by atoms with Crippen LogP contribution in [-0.4, -0.2) is 31.7 Å². The quantitative estimate of drug-likeness (QED) is 0.864. The SMILES string of the molecule is Cn1c(C2CCC(C(=O)O)O2)nc2ncccc21. The van der Waals surface area contributed by atoms with Crippen LogP contribution in [0.4, 0.5) is 0 Å². The summed E-state index contributed by atoms with van der Waals surface area (Å²) in [4.78, 5) is 19.5. The molecule has 2 aromatic rings. The van der Waals surface area contributed by atoms with Crippen molar-refractivity contribution in [3.63, 3.8) is 0 Å². The fourth-order valence-electron chi connectivity index (χ4n) is 2.34. The first kappa shape index (κ1) is 11.2. The Bertz CT molecular complexity index is 608. The Balaban J connectivity index is 1.96. The van der Waals surface area contributed by atoms with Gasteiger partial charge in [-0.25, -0.2) is 14.8 Å². The lowest BCUT2D eigenvalue weighted by Crippen LogP contribution is -2.19. The second-order valence-corrected chi connectivity index (χ2v) is 4.40. The zero-order valence-corrected chi connectivity index (χ0v) is 9.91. The topological polar surface area (TPSA) is 77.2 Å². The van der Waals surface area contributed by atoms with Gasteiger partial charge in [-0.05, 0) is 25.0 Å². The lowest BCUT2D eigenvalue weighted by atomic mass is 10.2. The number of fused-ring (bicyclic) bond motifs is 1. The van der Waals surface area contributed by atoms with E-state index in [-0.39, 0.29) is 6.10 Å². The molecule has 0 aliphatic carbocycles. The van der Waals surface area contributed by atoms with Crippen LogP contribution < -0.4 is 0 Å². The average molecular weight is 247 g/mol. The molecule has 0 saturated carbocycles. The first-order valence-electron chi connectivity index (χ1n) is 5.82. The molecule has 3 heterocycles. The lowest BCUT2D eigenvalue weighted by molar-refractivity contribution is -0.149. The standard InChI is InChI=1S/C12H13N3O3/c1-15-7-3-2-6-13-10(7)14-11(15)8-4-5-9(18-8)12(16)17/h2-3,6,8-9H,4-5H2,1H3,(H,16,17). The average Bonchev–Trinajstić information content (AvgIpc) is 2.95. The molecule has 1 saturated heterocycles. The molecule has 6 nitrogen and oxygen atoms in total. The molecular formula is C12H13N3O3. The monoisotopic (exact) mass is 247 g/mol. The van der Waals surface area contributed by atoms with Gasteiger partial charge >= 0.3 is 5.97 Å². The molecule has 2 unspecified atom stereocenters. The van der Waals surface area contributed by atoms with Gasteiger partial charge in [-0.1, -0.05) is 0 Å². The van der Waals surface area contributed by atoms with Gasteiger partial charge in [0, 0.05) is 13.2 Å². The number of aromatic nitrogens is 3. The minimum atomic E-state index is -0.908. The van der Waals surface area contributed by atoms with Crippen molar-refractivity contribution in [2.75, 3.05) is 0 Å². The Labute approximate surface area is 103 Å². The highest BCUT2D eigenvalue weighted by molar-refractivity contribution is 5.73. The Morgan fingerprint density at radius 2 is 2.39 bits per heavy atom. The summed E-state index contributed by atoms with van der Waals surface area (Å²) in [6.45, 7) is 0. The zero-order valence-electron chi connectivity index (χ0n) is 9.91. The van der Waals surface area contributed by atoms with E-state index in [0.717, 1.165) is 11.3 Å². The number of aryl methyl sites for hydroxylation is 1. The van der Waals surface area contributed by atoms with Crippen molar-refractivity contribution < 1.29 is 14.6 Å². The highest BCUT2D eigenvalue weighted by Gasteiger charge is 2.34. The summed E-state index contributed by atoms with van der Waals surface area (Å²) in [7, 11) is 1.89. The summed E-state index contributed by atoms with van der Waals surface area (Å²) >= 11 is 0. The molecule has 0 radical (unpaired) electrons. The van der Waals surface area contributed by atoms with Crippen LogP contribution in [0.25, 0.3) is 11.2 Å². The molecular weight excluding hydrogens is 234 g/mol. The smallest absolute Gasteiger partial charge is 0.332 e. The summed E-state index contributed by atoms with van der Waals surface area (Å²) in [6, 6.07) is 3.78. The Kier molecular flexibility index (Phi) is 2.52. The van der Waals surface area contributed by atoms with E-state index in [9.17, 15) is 4.79 Å². The summed E-state index contributed by atoms with van der Waals surface area (Å²) in [5.74, 6) is -0.165. The molecule has 0 amide bonds. The summed E-state index contributed by atoms with van der Waals surface area (Å²) in [6.07, 6.45) is 1.91. The predicted molar refractivity (Wildman–Crippen MR) is 63.0 cm³/mol. The number of imidazole rings is 1. The van der Waals surface area contributed by atoms with Crippen molar-refractivity contribution in [2.24, 2.45) is 7.05 Å². The van der Waals surface area contributed by atoms with E-state index in [1.54, 1.807) is 6.20 Å². The van der Waals surface area contributed by atoms with Gasteiger partial charge in [-0.2, -0.15) is 0 Å². The van der Waals surface area contributed by atoms with Crippen molar-refractivity contribution >= 4 is 17.1 Å². The number of carboxylic acid groups (broad SMARTS) is 1. The van der Waals surface area contributed by atoms with Crippen molar-refractivity contribution in [2.45, 2.75) is 25.0 Å². The minimum absolute atomic E-state index is 0.259. The Hall–Kier alpha value is -1.95. The normalized spacial score (nSPS) is 23.6. The van der Waals surface area contributed by atoms with Crippen molar-refractivity contribution in [3.05, 3.63) is 24.2 Å². The molecule has 0 bridgehead atoms. The number of carbonyl (C=O) groups is 1. The van der Waals surface area contributed by atoms with Crippen LogP contribution in [0, 0.1) is 0 Å².